The molecule has 1 amide bonds. The van der Waals surface area contributed by atoms with Crippen LogP contribution in [0, 0.1) is 0 Å². The van der Waals surface area contributed by atoms with Crippen molar-refractivity contribution in [2.75, 3.05) is 18.8 Å². The number of carbonyl (C=O) groups excluding carboxylic acids is 1. The Bertz CT molecular complexity index is 454. The van der Waals surface area contributed by atoms with Crippen molar-refractivity contribution in [3.8, 4) is 0 Å². The van der Waals surface area contributed by atoms with Gasteiger partial charge in [-0.05, 0) is 31.9 Å². The molecule has 98 valence electrons. The first-order chi connectivity index (χ1) is 8.41. The molecule has 1 aromatic rings. The minimum atomic E-state index is -0.829. The number of anilines is 1. The maximum Gasteiger partial charge on any atom is 0.257 e. The zero-order chi connectivity index (χ0) is 13.3. The van der Waals surface area contributed by atoms with Gasteiger partial charge in [0.25, 0.3) is 5.91 Å². The largest absolute Gasteiger partial charge is 0.398 e. The molecule has 0 radical (unpaired) electrons. The molecule has 0 saturated carbocycles. The van der Waals surface area contributed by atoms with Crippen LogP contribution in [0.5, 0.6) is 0 Å². The molecule has 1 atom stereocenters. The van der Waals surface area contributed by atoms with E-state index in [0.29, 0.717) is 35.8 Å². The fourth-order valence-corrected chi connectivity index (χ4v) is 2.58. The lowest BCUT2D eigenvalue weighted by molar-refractivity contribution is -0.0107. The Hall–Kier alpha value is -1.26. The van der Waals surface area contributed by atoms with E-state index in [4.69, 9.17) is 17.3 Å². The van der Waals surface area contributed by atoms with Gasteiger partial charge in [-0.2, -0.15) is 0 Å². The number of β-amino-alcohol motifs (C(OH)–C–C–N with tert-alkyl or cyclic N) is 1. The van der Waals surface area contributed by atoms with Crippen molar-refractivity contribution >= 4 is 23.2 Å². The number of likely N-dealkylation sites (tertiary alicyclic amines) is 1. The van der Waals surface area contributed by atoms with Gasteiger partial charge in [0.1, 0.15) is 0 Å². The molecule has 2 rings (SSSR count). The van der Waals surface area contributed by atoms with Crippen molar-refractivity contribution in [1.29, 1.82) is 0 Å². The number of hydrogen-bond donors (Lipinski definition) is 2. The normalized spacial score (nSPS) is 24.1. The summed E-state index contributed by atoms with van der Waals surface area (Å²) >= 11 is 6.02. The molecule has 1 aliphatic heterocycles. The second-order valence-corrected chi connectivity index (χ2v) is 5.44. The number of nitrogens with two attached hydrogens (primary N) is 1. The number of aliphatic hydroxyl groups is 1. The zero-order valence-electron chi connectivity index (χ0n) is 10.3. The number of halogens is 1. The summed E-state index contributed by atoms with van der Waals surface area (Å²) in [5.41, 5.74) is 5.68. The highest BCUT2D eigenvalue weighted by Crippen LogP contribution is 2.27. The highest BCUT2D eigenvalue weighted by Gasteiger charge is 2.32. The summed E-state index contributed by atoms with van der Waals surface area (Å²) in [6.45, 7) is 2.68. The van der Waals surface area contributed by atoms with Crippen LogP contribution in [0.1, 0.15) is 30.1 Å². The Balaban J connectivity index is 2.26. The Kier molecular flexibility index (Phi) is 3.50. The molecule has 1 fully saturated rings. The third-order valence-corrected chi connectivity index (χ3v) is 3.54. The van der Waals surface area contributed by atoms with E-state index in [1.54, 1.807) is 30.0 Å². The summed E-state index contributed by atoms with van der Waals surface area (Å²) in [6.07, 6.45) is 1.48. The van der Waals surface area contributed by atoms with E-state index in [9.17, 15) is 9.90 Å². The van der Waals surface area contributed by atoms with Crippen LogP contribution in [0.4, 0.5) is 5.69 Å². The van der Waals surface area contributed by atoms with Gasteiger partial charge in [-0.1, -0.05) is 17.7 Å². The maximum atomic E-state index is 12.4. The highest BCUT2D eigenvalue weighted by molar-refractivity contribution is 6.34. The van der Waals surface area contributed by atoms with E-state index >= 15 is 0 Å². The Morgan fingerprint density at radius 2 is 2.28 bits per heavy atom. The highest BCUT2D eigenvalue weighted by atomic mass is 35.5. The first-order valence-electron chi connectivity index (χ1n) is 5.96. The SMILES string of the molecule is CC1(O)CCCN(C(=O)c2c(N)cccc2Cl)C1. The molecule has 4 nitrogen and oxygen atoms in total. The van der Waals surface area contributed by atoms with E-state index in [-0.39, 0.29) is 5.91 Å². The second-order valence-electron chi connectivity index (χ2n) is 5.03. The van der Waals surface area contributed by atoms with Gasteiger partial charge < -0.3 is 15.7 Å². The van der Waals surface area contributed by atoms with E-state index in [2.05, 4.69) is 0 Å². The van der Waals surface area contributed by atoms with E-state index in [1.165, 1.54) is 0 Å². The van der Waals surface area contributed by atoms with Crippen LogP contribution in [0.25, 0.3) is 0 Å². The number of carbonyl (C=O) groups is 1. The molecule has 1 aromatic carbocycles. The quantitative estimate of drug-likeness (QED) is 0.765. The van der Waals surface area contributed by atoms with Gasteiger partial charge in [-0.25, -0.2) is 0 Å². The van der Waals surface area contributed by atoms with Crippen LogP contribution >= 0.6 is 11.6 Å². The van der Waals surface area contributed by atoms with Crippen molar-refractivity contribution in [3.05, 3.63) is 28.8 Å². The van der Waals surface area contributed by atoms with Crippen LogP contribution in [0.2, 0.25) is 5.02 Å². The number of hydrogen-bond acceptors (Lipinski definition) is 3. The molecule has 0 aromatic heterocycles. The standard InChI is InChI=1S/C13H17ClN2O2/c1-13(18)6-3-7-16(8-13)12(17)11-9(14)4-2-5-10(11)15/h2,4-5,18H,3,6-8,15H2,1H3. The number of amides is 1. The van der Waals surface area contributed by atoms with Crippen molar-refractivity contribution in [1.82, 2.24) is 4.90 Å². The Morgan fingerprint density at radius 1 is 1.56 bits per heavy atom. The van der Waals surface area contributed by atoms with Crippen LogP contribution in [-0.4, -0.2) is 34.6 Å². The molecule has 0 aliphatic carbocycles. The van der Waals surface area contributed by atoms with Crippen LogP contribution in [0.15, 0.2) is 18.2 Å². The molecule has 0 bridgehead atoms. The monoisotopic (exact) mass is 268 g/mol. The molecular formula is C13H17ClN2O2. The Morgan fingerprint density at radius 3 is 2.89 bits per heavy atom. The lowest BCUT2D eigenvalue weighted by Crippen LogP contribution is -2.48. The minimum Gasteiger partial charge on any atom is -0.398 e. The predicted octanol–water partition coefficient (Wildman–Crippen LogP) is 1.91. The molecule has 1 unspecified atom stereocenters. The molecule has 18 heavy (non-hydrogen) atoms. The molecule has 1 aliphatic rings. The molecule has 0 spiro atoms. The van der Waals surface area contributed by atoms with Gasteiger partial charge in [0.05, 0.1) is 16.2 Å². The van der Waals surface area contributed by atoms with Crippen molar-refractivity contribution in [2.24, 2.45) is 0 Å². The molecular weight excluding hydrogens is 252 g/mol. The minimum absolute atomic E-state index is 0.210. The topological polar surface area (TPSA) is 66.6 Å². The number of nitrogens with zero attached hydrogens (tertiary/aromatic N) is 1. The fourth-order valence-electron chi connectivity index (χ4n) is 2.32. The second kappa shape index (κ2) is 4.78. The van der Waals surface area contributed by atoms with E-state index < -0.39 is 5.60 Å². The average Bonchev–Trinajstić information content (AvgIpc) is 2.27. The first kappa shape index (κ1) is 13.2. The van der Waals surface area contributed by atoms with Crippen LogP contribution < -0.4 is 5.73 Å². The third kappa shape index (κ3) is 2.60. The maximum absolute atomic E-state index is 12.4. The van der Waals surface area contributed by atoms with Crippen molar-refractivity contribution < 1.29 is 9.90 Å². The molecule has 1 heterocycles. The van der Waals surface area contributed by atoms with Gasteiger partial charge in [0, 0.05) is 18.8 Å². The van der Waals surface area contributed by atoms with Gasteiger partial charge in [0.2, 0.25) is 0 Å². The Labute approximate surface area is 111 Å². The number of benzene rings is 1. The summed E-state index contributed by atoms with van der Waals surface area (Å²) in [6, 6.07) is 5.01. The van der Waals surface area contributed by atoms with Crippen molar-refractivity contribution in [2.45, 2.75) is 25.4 Å². The third-order valence-electron chi connectivity index (χ3n) is 3.22. The van der Waals surface area contributed by atoms with Crippen molar-refractivity contribution in [3.63, 3.8) is 0 Å². The summed E-state index contributed by atoms with van der Waals surface area (Å²) in [4.78, 5) is 14.0. The lowest BCUT2D eigenvalue weighted by Gasteiger charge is -2.37. The number of piperidine rings is 1. The van der Waals surface area contributed by atoms with Gasteiger partial charge in [0.15, 0.2) is 0 Å². The smallest absolute Gasteiger partial charge is 0.257 e. The van der Waals surface area contributed by atoms with Crippen LogP contribution in [0.3, 0.4) is 0 Å². The number of rotatable bonds is 1. The summed E-state index contributed by atoms with van der Waals surface area (Å²) in [5.74, 6) is -0.210. The van der Waals surface area contributed by atoms with Crippen LogP contribution in [-0.2, 0) is 0 Å². The lowest BCUT2D eigenvalue weighted by atomic mass is 9.94. The van der Waals surface area contributed by atoms with Gasteiger partial charge >= 0.3 is 0 Å². The molecule has 5 heteroatoms. The molecule has 3 N–H and O–H groups in total. The predicted molar refractivity (Wildman–Crippen MR) is 71.6 cm³/mol. The van der Waals surface area contributed by atoms with Gasteiger partial charge in [-0.15, -0.1) is 0 Å². The molecule has 1 saturated heterocycles. The number of nitrogen functional groups attached to an aromatic ring is 1. The zero-order valence-corrected chi connectivity index (χ0v) is 11.1. The van der Waals surface area contributed by atoms with Gasteiger partial charge in [-0.3, -0.25) is 4.79 Å². The summed E-state index contributed by atoms with van der Waals surface area (Å²) < 4.78 is 0. The fraction of sp³-hybridized carbons (Fsp3) is 0.462. The first-order valence-corrected chi connectivity index (χ1v) is 6.34. The summed E-state index contributed by atoms with van der Waals surface area (Å²) in [5, 5.41) is 10.4. The van der Waals surface area contributed by atoms with E-state index in [0.717, 1.165) is 6.42 Å². The summed E-state index contributed by atoms with van der Waals surface area (Å²) in [7, 11) is 0. The average molecular weight is 269 g/mol. The van der Waals surface area contributed by atoms with E-state index in [1.807, 2.05) is 0 Å².